The second kappa shape index (κ2) is 11.8. The minimum absolute atomic E-state index is 0.0368. The van der Waals surface area contributed by atoms with E-state index in [4.69, 9.17) is 10.5 Å². The van der Waals surface area contributed by atoms with Crippen LogP contribution in [0.5, 0.6) is 5.75 Å². The molecule has 1 aromatic heterocycles. The first-order chi connectivity index (χ1) is 19.4. The number of carbonyl (C=O) groups is 2. The first-order valence-electron chi connectivity index (χ1n) is 12.9. The molecule has 206 valence electrons. The second-order valence-electron chi connectivity index (χ2n) is 9.57. The summed E-state index contributed by atoms with van der Waals surface area (Å²) in [5.41, 5.74) is 7.69. The van der Waals surface area contributed by atoms with E-state index in [1.807, 2.05) is 0 Å². The average molecular weight is 563 g/mol. The van der Waals surface area contributed by atoms with Crippen LogP contribution in [-0.2, 0) is 4.79 Å². The molecule has 1 atom stereocenters. The molecule has 3 aromatic carbocycles. The maximum absolute atomic E-state index is 15.4. The van der Waals surface area contributed by atoms with E-state index in [9.17, 15) is 14.0 Å². The summed E-state index contributed by atoms with van der Waals surface area (Å²) in [6, 6.07) is 16.8. The summed E-state index contributed by atoms with van der Waals surface area (Å²) in [6.07, 6.45) is 3.66. The van der Waals surface area contributed by atoms with Gasteiger partial charge in [-0.3, -0.25) is 14.5 Å². The summed E-state index contributed by atoms with van der Waals surface area (Å²) in [5.74, 6) is -1.65. The number of amides is 2. The van der Waals surface area contributed by atoms with E-state index in [-0.39, 0.29) is 22.3 Å². The standard InChI is InChI=1S/C30H28F2N4O3S/c1-39-22-16-12-19(13-17-22)27(29(37)34-21-6-2-3-7-21)36(24-9-5-4-8-23(24)32)30(38)28-25(33)26(35-40-28)18-10-14-20(31)15-11-18/h4-5,8-17,21,27H,2-3,6-7,33H2,1H3,(H,34,37)/t27-/m0/s1. The fourth-order valence-corrected chi connectivity index (χ4v) is 5.70. The van der Waals surface area contributed by atoms with Gasteiger partial charge in [-0.1, -0.05) is 37.1 Å². The molecular weight excluding hydrogens is 534 g/mol. The number of nitrogens with two attached hydrogens (primary N) is 1. The molecule has 0 unspecified atom stereocenters. The third kappa shape index (κ3) is 5.53. The molecule has 0 aliphatic heterocycles. The van der Waals surface area contributed by atoms with E-state index in [0.29, 0.717) is 22.6 Å². The van der Waals surface area contributed by atoms with Gasteiger partial charge in [-0.15, -0.1) is 0 Å². The number of rotatable bonds is 8. The Hall–Kier alpha value is -4.31. The lowest BCUT2D eigenvalue weighted by Gasteiger charge is -2.32. The van der Waals surface area contributed by atoms with Gasteiger partial charge in [0, 0.05) is 11.6 Å². The number of aromatic nitrogens is 1. The van der Waals surface area contributed by atoms with Crippen LogP contribution in [0.3, 0.4) is 0 Å². The van der Waals surface area contributed by atoms with E-state index in [2.05, 4.69) is 9.69 Å². The predicted octanol–water partition coefficient (Wildman–Crippen LogP) is 6.13. The number of halogens is 2. The average Bonchev–Trinajstić information content (AvgIpc) is 3.62. The van der Waals surface area contributed by atoms with Gasteiger partial charge in [0.2, 0.25) is 5.91 Å². The lowest BCUT2D eigenvalue weighted by atomic mass is 10.0. The van der Waals surface area contributed by atoms with E-state index in [1.165, 1.54) is 49.6 Å². The minimum atomic E-state index is -1.22. The molecule has 7 nitrogen and oxygen atoms in total. The normalized spacial score (nSPS) is 14.1. The molecule has 0 radical (unpaired) electrons. The fraction of sp³-hybridized carbons (Fsp3) is 0.233. The van der Waals surface area contributed by atoms with Gasteiger partial charge in [0.25, 0.3) is 5.91 Å². The van der Waals surface area contributed by atoms with Gasteiger partial charge < -0.3 is 15.8 Å². The van der Waals surface area contributed by atoms with Crippen molar-refractivity contribution in [2.24, 2.45) is 0 Å². The zero-order valence-electron chi connectivity index (χ0n) is 21.8. The highest BCUT2D eigenvalue weighted by Gasteiger charge is 2.38. The van der Waals surface area contributed by atoms with Gasteiger partial charge >= 0.3 is 0 Å². The molecule has 0 spiro atoms. The minimum Gasteiger partial charge on any atom is -0.497 e. The second-order valence-corrected chi connectivity index (χ2v) is 10.3. The number of ether oxygens (including phenoxy) is 1. The van der Waals surface area contributed by atoms with E-state index < -0.39 is 29.5 Å². The van der Waals surface area contributed by atoms with Gasteiger partial charge in [-0.25, -0.2) is 8.78 Å². The first-order valence-corrected chi connectivity index (χ1v) is 13.7. The molecule has 1 heterocycles. The van der Waals surface area contributed by atoms with Gasteiger partial charge in [-0.2, -0.15) is 4.37 Å². The van der Waals surface area contributed by atoms with Crippen molar-refractivity contribution in [3.05, 3.63) is 94.9 Å². The zero-order chi connectivity index (χ0) is 28.2. The van der Waals surface area contributed by atoms with Gasteiger partial charge in [-0.05, 0) is 78.5 Å². The third-order valence-electron chi connectivity index (χ3n) is 7.01. The topological polar surface area (TPSA) is 97.5 Å². The lowest BCUT2D eigenvalue weighted by molar-refractivity contribution is -0.123. The Balaban J connectivity index is 1.62. The number of hydrogen-bond donors (Lipinski definition) is 2. The Morgan fingerprint density at radius 1 is 1.02 bits per heavy atom. The number of nitrogens with one attached hydrogen (secondary N) is 1. The summed E-state index contributed by atoms with van der Waals surface area (Å²) < 4.78 is 38.5. The molecule has 10 heteroatoms. The van der Waals surface area contributed by atoms with Crippen LogP contribution < -0.4 is 20.7 Å². The third-order valence-corrected chi connectivity index (χ3v) is 7.86. The number of benzene rings is 3. The van der Waals surface area contributed by atoms with Crippen molar-refractivity contribution in [1.29, 1.82) is 0 Å². The van der Waals surface area contributed by atoms with E-state index in [1.54, 1.807) is 30.3 Å². The summed E-state index contributed by atoms with van der Waals surface area (Å²) in [4.78, 5) is 29.4. The lowest BCUT2D eigenvalue weighted by Crippen LogP contribution is -2.46. The predicted molar refractivity (Wildman–Crippen MR) is 151 cm³/mol. The Bertz CT molecular complexity index is 1500. The maximum Gasteiger partial charge on any atom is 0.273 e. The molecule has 5 rings (SSSR count). The van der Waals surface area contributed by atoms with Gasteiger partial charge in [0.1, 0.15) is 34.0 Å². The molecule has 1 saturated carbocycles. The number of nitrogen functional groups attached to an aromatic ring is 1. The SMILES string of the molecule is COc1ccc([C@@H](C(=O)NC2CCCC2)N(C(=O)c2snc(-c3ccc(F)cc3)c2N)c2ccccc2F)cc1. The van der Waals surface area contributed by atoms with Crippen molar-refractivity contribution in [3.8, 4) is 17.0 Å². The summed E-state index contributed by atoms with van der Waals surface area (Å²) >= 11 is 0.841. The Morgan fingerprint density at radius 2 is 1.70 bits per heavy atom. The number of nitrogens with zero attached hydrogens (tertiary/aromatic N) is 2. The molecule has 0 saturated heterocycles. The van der Waals surface area contributed by atoms with Crippen molar-refractivity contribution in [2.75, 3.05) is 17.7 Å². The van der Waals surface area contributed by atoms with Crippen molar-refractivity contribution in [3.63, 3.8) is 0 Å². The summed E-state index contributed by atoms with van der Waals surface area (Å²) in [5, 5.41) is 3.07. The van der Waals surface area contributed by atoms with Crippen molar-refractivity contribution in [2.45, 2.75) is 37.8 Å². The van der Waals surface area contributed by atoms with Crippen LogP contribution in [0.4, 0.5) is 20.2 Å². The van der Waals surface area contributed by atoms with Crippen LogP contribution in [0.25, 0.3) is 11.3 Å². The monoisotopic (exact) mass is 562 g/mol. The van der Waals surface area contributed by atoms with Crippen LogP contribution in [0.1, 0.15) is 47.0 Å². The van der Waals surface area contributed by atoms with Gasteiger partial charge in [0.15, 0.2) is 0 Å². The van der Waals surface area contributed by atoms with Crippen LogP contribution in [0.15, 0.2) is 72.8 Å². The molecular formula is C30H28F2N4O3S. The van der Waals surface area contributed by atoms with Crippen LogP contribution in [0.2, 0.25) is 0 Å². The molecule has 3 N–H and O–H groups in total. The van der Waals surface area contributed by atoms with E-state index >= 15 is 4.39 Å². The Labute approximate surface area is 234 Å². The number of carbonyl (C=O) groups excluding carboxylic acids is 2. The Morgan fingerprint density at radius 3 is 2.35 bits per heavy atom. The quantitative estimate of drug-likeness (QED) is 0.269. The molecule has 40 heavy (non-hydrogen) atoms. The highest BCUT2D eigenvalue weighted by molar-refractivity contribution is 7.09. The molecule has 1 aliphatic rings. The number of hydrogen-bond acceptors (Lipinski definition) is 6. The van der Waals surface area contributed by atoms with Gasteiger partial charge in [0.05, 0.1) is 18.5 Å². The molecule has 1 fully saturated rings. The van der Waals surface area contributed by atoms with Crippen molar-refractivity contribution >= 4 is 34.7 Å². The molecule has 4 aromatic rings. The molecule has 2 amide bonds. The fourth-order valence-electron chi connectivity index (χ4n) is 4.94. The van der Waals surface area contributed by atoms with Crippen LogP contribution in [0, 0.1) is 11.6 Å². The zero-order valence-corrected chi connectivity index (χ0v) is 22.6. The first kappa shape index (κ1) is 27.3. The number of para-hydroxylation sites is 1. The van der Waals surface area contributed by atoms with Crippen molar-refractivity contribution < 1.29 is 23.1 Å². The van der Waals surface area contributed by atoms with Crippen LogP contribution >= 0.6 is 11.5 Å². The summed E-state index contributed by atoms with van der Waals surface area (Å²) in [7, 11) is 1.53. The largest absolute Gasteiger partial charge is 0.497 e. The molecule has 1 aliphatic carbocycles. The Kier molecular flexibility index (Phi) is 8.06. The maximum atomic E-state index is 15.4. The number of methoxy groups -OCH3 is 1. The number of anilines is 2. The smallest absolute Gasteiger partial charge is 0.273 e. The summed E-state index contributed by atoms with van der Waals surface area (Å²) in [6.45, 7) is 0. The molecule has 0 bridgehead atoms. The van der Waals surface area contributed by atoms with Crippen molar-refractivity contribution in [1.82, 2.24) is 9.69 Å². The van der Waals surface area contributed by atoms with E-state index in [0.717, 1.165) is 42.1 Å². The highest BCUT2D eigenvalue weighted by atomic mass is 32.1. The van der Waals surface area contributed by atoms with Crippen LogP contribution in [-0.4, -0.2) is 29.3 Å². The highest BCUT2D eigenvalue weighted by Crippen LogP contribution is 2.37.